The Morgan fingerprint density at radius 1 is 1.18 bits per heavy atom. The molecule has 0 unspecified atom stereocenters. The van der Waals surface area contributed by atoms with E-state index in [1.165, 1.54) is 0 Å². The summed E-state index contributed by atoms with van der Waals surface area (Å²) in [7, 11) is 2.08. The lowest BCUT2D eigenvalue weighted by Crippen LogP contribution is -2.46. The zero-order chi connectivity index (χ0) is 15.7. The van der Waals surface area contributed by atoms with E-state index in [2.05, 4.69) is 21.8 Å². The SMILES string of the molecule is CN1CCN(CC(=O)c2ccc3[nH]c(C(=O)O)cc3c2)CC1. The highest BCUT2D eigenvalue weighted by Gasteiger charge is 2.18. The molecule has 0 amide bonds. The summed E-state index contributed by atoms with van der Waals surface area (Å²) in [5, 5.41) is 9.74. The number of piperazine rings is 1. The monoisotopic (exact) mass is 301 g/mol. The number of H-pyrrole nitrogens is 1. The van der Waals surface area contributed by atoms with Crippen LogP contribution in [-0.4, -0.2) is 71.4 Å². The first kappa shape index (κ1) is 14.7. The Kier molecular flexibility index (Phi) is 3.96. The van der Waals surface area contributed by atoms with Gasteiger partial charge >= 0.3 is 5.97 Å². The molecule has 1 aromatic heterocycles. The maximum atomic E-state index is 12.4. The van der Waals surface area contributed by atoms with Gasteiger partial charge in [0, 0.05) is 42.6 Å². The lowest BCUT2D eigenvalue weighted by molar-refractivity contribution is 0.0691. The van der Waals surface area contributed by atoms with E-state index in [0.717, 1.165) is 37.1 Å². The standard InChI is InChI=1S/C16H19N3O3/c1-18-4-6-19(7-5-18)10-15(20)11-2-3-13-12(8-11)9-14(17-13)16(21)22/h2-3,8-9,17H,4-7,10H2,1H3,(H,21,22). The Labute approximate surface area is 128 Å². The number of aromatic nitrogens is 1. The number of aromatic carboxylic acids is 1. The van der Waals surface area contributed by atoms with Gasteiger partial charge in [0.25, 0.3) is 0 Å². The lowest BCUT2D eigenvalue weighted by atomic mass is 10.1. The zero-order valence-electron chi connectivity index (χ0n) is 12.5. The minimum Gasteiger partial charge on any atom is -0.477 e. The minimum absolute atomic E-state index is 0.0736. The van der Waals surface area contributed by atoms with Crippen LogP contribution < -0.4 is 0 Å². The van der Waals surface area contributed by atoms with Gasteiger partial charge in [-0.3, -0.25) is 9.69 Å². The first-order chi connectivity index (χ1) is 10.5. The summed E-state index contributed by atoms with van der Waals surface area (Å²) < 4.78 is 0. The molecule has 116 valence electrons. The van der Waals surface area contributed by atoms with Crippen LogP contribution in [0.3, 0.4) is 0 Å². The molecular weight excluding hydrogens is 282 g/mol. The number of hydrogen-bond donors (Lipinski definition) is 2. The van der Waals surface area contributed by atoms with Gasteiger partial charge in [-0.1, -0.05) is 0 Å². The van der Waals surface area contributed by atoms with Gasteiger partial charge in [0.15, 0.2) is 5.78 Å². The van der Waals surface area contributed by atoms with E-state index in [-0.39, 0.29) is 11.5 Å². The van der Waals surface area contributed by atoms with Gasteiger partial charge < -0.3 is 15.0 Å². The molecule has 6 nitrogen and oxygen atoms in total. The Balaban J connectivity index is 1.74. The maximum absolute atomic E-state index is 12.4. The maximum Gasteiger partial charge on any atom is 0.352 e. The molecule has 1 aliphatic rings. The number of Topliss-reactive ketones (excluding diaryl/α,β-unsaturated/α-hetero) is 1. The second kappa shape index (κ2) is 5.90. The van der Waals surface area contributed by atoms with Crippen molar-refractivity contribution < 1.29 is 14.7 Å². The number of likely N-dealkylation sites (N-methyl/N-ethyl adjacent to an activating group) is 1. The Morgan fingerprint density at radius 3 is 2.59 bits per heavy atom. The van der Waals surface area contributed by atoms with Crippen LogP contribution in [-0.2, 0) is 0 Å². The van der Waals surface area contributed by atoms with Crippen molar-refractivity contribution in [1.82, 2.24) is 14.8 Å². The minimum atomic E-state index is -0.999. The van der Waals surface area contributed by atoms with Crippen LogP contribution in [0.2, 0.25) is 0 Å². The molecule has 2 N–H and O–H groups in total. The fraction of sp³-hybridized carbons (Fsp3) is 0.375. The van der Waals surface area contributed by atoms with Gasteiger partial charge in [-0.25, -0.2) is 4.79 Å². The van der Waals surface area contributed by atoms with Crippen molar-refractivity contribution >= 4 is 22.7 Å². The van der Waals surface area contributed by atoms with Gasteiger partial charge in [-0.15, -0.1) is 0 Å². The third-order valence-electron chi connectivity index (χ3n) is 4.14. The summed E-state index contributed by atoms with van der Waals surface area (Å²) in [4.78, 5) is 30.6. The van der Waals surface area contributed by atoms with E-state index in [9.17, 15) is 9.59 Å². The number of hydrogen-bond acceptors (Lipinski definition) is 4. The summed E-state index contributed by atoms with van der Waals surface area (Å²) in [5.74, 6) is -0.925. The molecule has 0 spiro atoms. The van der Waals surface area contributed by atoms with Crippen molar-refractivity contribution in [3.05, 3.63) is 35.5 Å². The first-order valence-electron chi connectivity index (χ1n) is 7.33. The highest BCUT2D eigenvalue weighted by molar-refractivity contribution is 6.02. The topological polar surface area (TPSA) is 76.6 Å². The first-order valence-corrected chi connectivity index (χ1v) is 7.33. The third kappa shape index (κ3) is 3.03. The van der Waals surface area contributed by atoms with E-state index in [0.29, 0.717) is 12.1 Å². The van der Waals surface area contributed by atoms with Gasteiger partial charge in [0.05, 0.1) is 6.54 Å². The van der Waals surface area contributed by atoms with Crippen LogP contribution in [0, 0.1) is 0 Å². The molecule has 3 rings (SSSR count). The summed E-state index contributed by atoms with van der Waals surface area (Å²) >= 11 is 0. The van der Waals surface area contributed by atoms with Gasteiger partial charge in [-0.05, 0) is 31.3 Å². The van der Waals surface area contributed by atoms with Crippen molar-refractivity contribution in [2.24, 2.45) is 0 Å². The predicted octanol–water partition coefficient (Wildman–Crippen LogP) is 1.30. The second-order valence-corrected chi connectivity index (χ2v) is 5.79. The third-order valence-corrected chi connectivity index (χ3v) is 4.14. The summed E-state index contributed by atoms with van der Waals surface area (Å²) in [6.07, 6.45) is 0. The Bertz CT molecular complexity index is 714. The number of carboxylic acid groups (broad SMARTS) is 1. The summed E-state index contributed by atoms with van der Waals surface area (Å²) in [6.45, 7) is 4.17. The molecule has 1 aliphatic heterocycles. The van der Waals surface area contributed by atoms with Crippen molar-refractivity contribution in [3.63, 3.8) is 0 Å². The molecule has 0 bridgehead atoms. The normalized spacial score (nSPS) is 17.0. The number of aromatic amines is 1. The number of rotatable bonds is 4. The highest BCUT2D eigenvalue weighted by atomic mass is 16.4. The van der Waals surface area contributed by atoms with E-state index >= 15 is 0 Å². The number of benzene rings is 1. The van der Waals surface area contributed by atoms with Crippen LogP contribution in [0.4, 0.5) is 0 Å². The fourth-order valence-corrected chi connectivity index (χ4v) is 2.72. The average molecular weight is 301 g/mol. The predicted molar refractivity (Wildman–Crippen MR) is 83.5 cm³/mol. The van der Waals surface area contributed by atoms with Crippen LogP contribution in [0.25, 0.3) is 10.9 Å². The molecule has 0 aliphatic carbocycles. The van der Waals surface area contributed by atoms with Crippen molar-refractivity contribution in [3.8, 4) is 0 Å². The van der Waals surface area contributed by atoms with Crippen LogP contribution >= 0.6 is 0 Å². The number of carbonyl (C=O) groups excluding carboxylic acids is 1. The van der Waals surface area contributed by atoms with E-state index in [1.807, 2.05) is 0 Å². The van der Waals surface area contributed by atoms with E-state index in [4.69, 9.17) is 5.11 Å². The quantitative estimate of drug-likeness (QED) is 0.832. The highest BCUT2D eigenvalue weighted by Crippen LogP contribution is 2.18. The number of nitrogens with zero attached hydrogens (tertiary/aromatic N) is 2. The van der Waals surface area contributed by atoms with E-state index in [1.54, 1.807) is 24.3 Å². The van der Waals surface area contributed by atoms with Gasteiger partial charge in [0.2, 0.25) is 0 Å². The van der Waals surface area contributed by atoms with Crippen LogP contribution in [0.15, 0.2) is 24.3 Å². The molecule has 0 saturated carbocycles. The van der Waals surface area contributed by atoms with Crippen molar-refractivity contribution in [2.45, 2.75) is 0 Å². The average Bonchev–Trinajstić information content (AvgIpc) is 2.93. The molecule has 0 atom stereocenters. The van der Waals surface area contributed by atoms with Crippen LogP contribution in [0.5, 0.6) is 0 Å². The second-order valence-electron chi connectivity index (χ2n) is 5.79. The number of carboxylic acids is 1. The molecule has 1 saturated heterocycles. The van der Waals surface area contributed by atoms with Crippen molar-refractivity contribution in [1.29, 1.82) is 0 Å². The molecule has 22 heavy (non-hydrogen) atoms. The number of carbonyl (C=O) groups is 2. The molecule has 2 aromatic rings. The Hall–Kier alpha value is -2.18. The number of fused-ring (bicyclic) bond motifs is 1. The number of ketones is 1. The summed E-state index contributed by atoms with van der Waals surface area (Å²) in [5.41, 5.74) is 1.49. The molecule has 2 heterocycles. The lowest BCUT2D eigenvalue weighted by Gasteiger charge is -2.31. The number of nitrogens with one attached hydrogen (secondary N) is 1. The zero-order valence-corrected chi connectivity index (χ0v) is 12.5. The molecule has 6 heteroatoms. The molecule has 1 fully saturated rings. The Morgan fingerprint density at radius 2 is 1.91 bits per heavy atom. The summed E-state index contributed by atoms with van der Waals surface area (Å²) in [6, 6.07) is 6.84. The van der Waals surface area contributed by atoms with Gasteiger partial charge in [-0.2, -0.15) is 0 Å². The molecular formula is C16H19N3O3. The largest absolute Gasteiger partial charge is 0.477 e. The van der Waals surface area contributed by atoms with Gasteiger partial charge in [0.1, 0.15) is 5.69 Å². The van der Waals surface area contributed by atoms with Crippen LogP contribution in [0.1, 0.15) is 20.8 Å². The van der Waals surface area contributed by atoms with E-state index < -0.39 is 5.97 Å². The van der Waals surface area contributed by atoms with Crippen molar-refractivity contribution in [2.75, 3.05) is 39.8 Å². The fourth-order valence-electron chi connectivity index (χ4n) is 2.72. The smallest absolute Gasteiger partial charge is 0.352 e. The molecule has 1 aromatic carbocycles. The molecule has 0 radical (unpaired) electrons.